The van der Waals surface area contributed by atoms with Crippen molar-refractivity contribution in [3.8, 4) is 0 Å². The SMILES string of the molecule is CCOCCCNc1ncc(C(F)(F)F)cc1N. The summed E-state index contributed by atoms with van der Waals surface area (Å²) in [6, 6.07) is 0.873. The summed E-state index contributed by atoms with van der Waals surface area (Å²) < 4.78 is 42.2. The van der Waals surface area contributed by atoms with Crippen molar-refractivity contribution in [2.45, 2.75) is 19.5 Å². The molecule has 1 rings (SSSR count). The molecule has 0 saturated heterocycles. The molecule has 0 aliphatic carbocycles. The Morgan fingerprint density at radius 2 is 2.17 bits per heavy atom. The van der Waals surface area contributed by atoms with E-state index in [1.807, 2.05) is 6.92 Å². The third-order valence-electron chi connectivity index (χ3n) is 2.21. The fraction of sp³-hybridized carbons (Fsp3) is 0.545. The van der Waals surface area contributed by atoms with Crippen molar-refractivity contribution >= 4 is 11.5 Å². The number of hydrogen-bond donors (Lipinski definition) is 2. The number of rotatable bonds is 6. The summed E-state index contributed by atoms with van der Waals surface area (Å²) in [6.45, 7) is 3.66. The second kappa shape index (κ2) is 6.44. The first-order chi connectivity index (χ1) is 8.45. The Hall–Kier alpha value is -1.50. The summed E-state index contributed by atoms with van der Waals surface area (Å²) in [5.74, 6) is 0.263. The molecule has 18 heavy (non-hydrogen) atoms. The van der Waals surface area contributed by atoms with Gasteiger partial charge in [0.05, 0.1) is 11.3 Å². The Balaban J connectivity index is 2.53. The number of halogens is 3. The van der Waals surface area contributed by atoms with E-state index in [0.717, 1.165) is 18.7 Å². The van der Waals surface area contributed by atoms with Crippen LogP contribution in [0.1, 0.15) is 18.9 Å². The van der Waals surface area contributed by atoms with Crippen molar-refractivity contribution in [2.24, 2.45) is 0 Å². The van der Waals surface area contributed by atoms with Crippen LogP contribution in [0.2, 0.25) is 0 Å². The lowest BCUT2D eigenvalue weighted by Gasteiger charge is -2.11. The molecule has 0 atom stereocenters. The van der Waals surface area contributed by atoms with Crippen LogP contribution in [0.15, 0.2) is 12.3 Å². The number of nitrogens with one attached hydrogen (secondary N) is 1. The summed E-state index contributed by atoms with van der Waals surface area (Å²) in [5.41, 5.74) is 4.64. The Kier molecular flexibility index (Phi) is 5.21. The maximum absolute atomic E-state index is 12.4. The molecule has 7 heteroatoms. The molecule has 1 aromatic rings. The highest BCUT2D eigenvalue weighted by Gasteiger charge is 2.31. The minimum Gasteiger partial charge on any atom is -0.396 e. The topological polar surface area (TPSA) is 60.2 Å². The van der Waals surface area contributed by atoms with Gasteiger partial charge < -0.3 is 15.8 Å². The molecular formula is C11H16F3N3O. The first kappa shape index (κ1) is 14.6. The minimum atomic E-state index is -4.42. The quantitative estimate of drug-likeness (QED) is 0.774. The molecular weight excluding hydrogens is 247 g/mol. The average Bonchev–Trinajstić information content (AvgIpc) is 2.29. The van der Waals surface area contributed by atoms with E-state index in [2.05, 4.69) is 10.3 Å². The van der Waals surface area contributed by atoms with E-state index in [4.69, 9.17) is 10.5 Å². The number of nitrogens with two attached hydrogens (primary N) is 1. The summed E-state index contributed by atoms with van der Waals surface area (Å²) in [6.07, 6.45) is -2.92. The van der Waals surface area contributed by atoms with Crippen LogP contribution in [-0.4, -0.2) is 24.7 Å². The van der Waals surface area contributed by atoms with Crippen molar-refractivity contribution in [2.75, 3.05) is 30.8 Å². The molecule has 0 aliphatic heterocycles. The van der Waals surface area contributed by atoms with E-state index in [1.54, 1.807) is 0 Å². The molecule has 0 fully saturated rings. The van der Waals surface area contributed by atoms with E-state index < -0.39 is 11.7 Å². The zero-order valence-electron chi connectivity index (χ0n) is 10.0. The van der Waals surface area contributed by atoms with Crippen LogP contribution in [0.4, 0.5) is 24.7 Å². The fourth-order valence-corrected chi connectivity index (χ4v) is 1.31. The molecule has 0 unspecified atom stereocenters. The second-order valence-corrected chi connectivity index (χ2v) is 3.64. The monoisotopic (exact) mass is 263 g/mol. The van der Waals surface area contributed by atoms with Crippen LogP contribution in [0.3, 0.4) is 0 Å². The van der Waals surface area contributed by atoms with Gasteiger partial charge in [0, 0.05) is 26.0 Å². The maximum Gasteiger partial charge on any atom is 0.417 e. The number of pyridine rings is 1. The van der Waals surface area contributed by atoms with Crippen LogP contribution in [0.25, 0.3) is 0 Å². The van der Waals surface area contributed by atoms with Gasteiger partial charge >= 0.3 is 6.18 Å². The molecule has 0 aliphatic rings. The number of aromatic nitrogens is 1. The zero-order valence-corrected chi connectivity index (χ0v) is 10.0. The maximum atomic E-state index is 12.4. The Bertz CT molecular complexity index is 382. The Morgan fingerprint density at radius 3 is 2.72 bits per heavy atom. The Labute approximate surface area is 103 Å². The van der Waals surface area contributed by atoms with Gasteiger partial charge in [-0.2, -0.15) is 13.2 Å². The summed E-state index contributed by atoms with van der Waals surface area (Å²) in [5, 5.41) is 2.87. The van der Waals surface area contributed by atoms with Crippen LogP contribution < -0.4 is 11.1 Å². The van der Waals surface area contributed by atoms with Crippen LogP contribution in [0, 0.1) is 0 Å². The smallest absolute Gasteiger partial charge is 0.396 e. The normalized spacial score (nSPS) is 11.6. The number of anilines is 2. The van der Waals surface area contributed by atoms with Gasteiger partial charge in [0.15, 0.2) is 0 Å². The first-order valence-corrected chi connectivity index (χ1v) is 5.59. The van der Waals surface area contributed by atoms with Crippen LogP contribution in [-0.2, 0) is 10.9 Å². The second-order valence-electron chi connectivity index (χ2n) is 3.64. The predicted molar refractivity (Wildman–Crippen MR) is 63.3 cm³/mol. The van der Waals surface area contributed by atoms with E-state index in [1.165, 1.54) is 0 Å². The third-order valence-corrected chi connectivity index (χ3v) is 2.21. The molecule has 1 aromatic heterocycles. The molecule has 0 spiro atoms. The average molecular weight is 263 g/mol. The molecule has 4 nitrogen and oxygen atoms in total. The summed E-state index contributed by atoms with van der Waals surface area (Å²) in [7, 11) is 0. The van der Waals surface area contributed by atoms with E-state index in [0.29, 0.717) is 19.8 Å². The summed E-state index contributed by atoms with van der Waals surface area (Å²) >= 11 is 0. The van der Waals surface area contributed by atoms with E-state index in [-0.39, 0.29) is 11.5 Å². The standard InChI is InChI=1S/C11H16F3N3O/c1-2-18-5-3-4-16-10-9(15)6-8(7-17-10)11(12,13)14/h6-7H,2-5,15H2,1H3,(H,16,17). The highest BCUT2D eigenvalue weighted by Crippen LogP contribution is 2.31. The molecule has 102 valence electrons. The summed E-state index contributed by atoms with van der Waals surface area (Å²) in [4.78, 5) is 3.67. The Morgan fingerprint density at radius 1 is 1.44 bits per heavy atom. The van der Waals surface area contributed by atoms with Gasteiger partial charge in [0.25, 0.3) is 0 Å². The lowest BCUT2D eigenvalue weighted by Crippen LogP contribution is -2.11. The van der Waals surface area contributed by atoms with Crippen molar-refractivity contribution in [1.29, 1.82) is 0 Å². The molecule has 1 heterocycles. The highest BCUT2D eigenvalue weighted by atomic mass is 19.4. The van der Waals surface area contributed by atoms with E-state index in [9.17, 15) is 13.2 Å². The fourth-order valence-electron chi connectivity index (χ4n) is 1.31. The molecule has 0 radical (unpaired) electrons. The van der Waals surface area contributed by atoms with Gasteiger partial charge in [-0.05, 0) is 19.4 Å². The predicted octanol–water partition coefficient (Wildman–Crippen LogP) is 2.52. The van der Waals surface area contributed by atoms with E-state index >= 15 is 0 Å². The molecule has 0 amide bonds. The number of hydrogen-bond acceptors (Lipinski definition) is 4. The van der Waals surface area contributed by atoms with Gasteiger partial charge in [-0.3, -0.25) is 0 Å². The highest BCUT2D eigenvalue weighted by molar-refractivity contribution is 5.61. The van der Waals surface area contributed by atoms with Crippen molar-refractivity contribution in [3.63, 3.8) is 0 Å². The molecule has 3 N–H and O–H groups in total. The zero-order chi connectivity index (χ0) is 13.6. The van der Waals surface area contributed by atoms with Gasteiger partial charge in [0.2, 0.25) is 0 Å². The lowest BCUT2D eigenvalue weighted by molar-refractivity contribution is -0.137. The number of nitrogens with zero attached hydrogens (tertiary/aromatic N) is 1. The first-order valence-electron chi connectivity index (χ1n) is 5.59. The lowest BCUT2D eigenvalue weighted by atomic mass is 10.2. The van der Waals surface area contributed by atoms with Crippen molar-refractivity contribution < 1.29 is 17.9 Å². The van der Waals surface area contributed by atoms with Gasteiger partial charge in [-0.1, -0.05) is 0 Å². The number of alkyl halides is 3. The van der Waals surface area contributed by atoms with Crippen molar-refractivity contribution in [1.82, 2.24) is 4.98 Å². The minimum absolute atomic E-state index is 0.0127. The van der Waals surface area contributed by atoms with Gasteiger partial charge in [0.1, 0.15) is 5.82 Å². The molecule has 0 bridgehead atoms. The number of ether oxygens (including phenoxy) is 1. The number of nitrogen functional groups attached to an aromatic ring is 1. The van der Waals surface area contributed by atoms with Gasteiger partial charge in [-0.15, -0.1) is 0 Å². The van der Waals surface area contributed by atoms with Crippen LogP contribution in [0.5, 0.6) is 0 Å². The third kappa shape index (κ3) is 4.40. The van der Waals surface area contributed by atoms with Crippen molar-refractivity contribution in [3.05, 3.63) is 17.8 Å². The largest absolute Gasteiger partial charge is 0.417 e. The molecule has 0 saturated carbocycles. The van der Waals surface area contributed by atoms with Crippen LogP contribution >= 0.6 is 0 Å². The molecule has 0 aromatic carbocycles. The van der Waals surface area contributed by atoms with Gasteiger partial charge in [-0.25, -0.2) is 4.98 Å².